The average Bonchev–Trinajstić information content (AvgIpc) is 2.65. The van der Waals surface area contributed by atoms with Crippen LogP contribution in [0.3, 0.4) is 0 Å². The molecule has 1 aromatic heterocycles. The van der Waals surface area contributed by atoms with Crippen molar-refractivity contribution in [1.29, 1.82) is 0 Å². The number of thiazole rings is 1. The smallest absolute Gasteiger partial charge is 0.179 e. The molecule has 1 heterocycles. The van der Waals surface area contributed by atoms with E-state index in [4.69, 9.17) is 0 Å². The fourth-order valence-electron chi connectivity index (χ4n) is 1.49. The molecule has 15 heavy (non-hydrogen) atoms. The Balaban J connectivity index is 2.54. The number of aromatic nitrogens is 1. The molecule has 0 aliphatic carbocycles. The molecule has 0 saturated carbocycles. The molecule has 0 amide bonds. The molecule has 0 radical (unpaired) electrons. The van der Waals surface area contributed by atoms with Crippen LogP contribution in [0.5, 0.6) is 0 Å². The number of aryl methyl sites for hydroxylation is 1. The van der Waals surface area contributed by atoms with Crippen molar-refractivity contribution in [2.45, 2.75) is 13.8 Å². The zero-order valence-corrected chi connectivity index (χ0v) is 9.47. The Morgan fingerprint density at radius 3 is 2.87 bits per heavy atom. The number of ketones is 1. The second kappa shape index (κ2) is 3.95. The number of carbonyl (C=O) groups excluding carboxylic acids is 1. The van der Waals surface area contributed by atoms with Crippen LogP contribution in [0.25, 0.3) is 10.4 Å². The largest absolute Gasteiger partial charge is 0.293 e. The van der Waals surface area contributed by atoms with Crippen LogP contribution in [-0.2, 0) is 0 Å². The van der Waals surface area contributed by atoms with Gasteiger partial charge < -0.3 is 0 Å². The summed E-state index contributed by atoms with van der Waals surface area (Å²) in [5, 5.41) is 0. The average molecular weight is 217 g/mol. The summed E-state index contributed by atoms with van der Waals surface area (Å²) in [5.41, 5.74) is 4.55. The Hall–Kier alpha value is -1.48. The molecule has 0 spiro atoms. The van der Waals surface area contributed by atoms with Crippen LogP contribution in [0.1, 0.15) is 23.0 Å². The normalized spacial score (nSPS) is 10.3. The minimum absolute atomic E-state index is 0.0211. The van der Waals surface area contributed by atoms with E-state index in [1.165, 1.54) is 16.9 Å². The Labute approximate surface area is 92.6 Å². The highest BCUT2D eigenvalue weighted by molar-refractivity contribution is 7.13. The summed E-state index contributed by atoms with van der Waals surface area (Å²) in [6.45, 7) is 3.59. The highest BCUT2D eigenvalue weighted by Crippen LogP contribution is 2.28. The van der Waals surface area contributed by atoms with Crippen molar-refractivity contribution in [3.05, 3.63) is 41.0 Å². The van der Waals surface area contributed by atoms with Crippen molar-refractivity contribution in [2.24, 2.45) is 0 Å². The lowest BCUT2D eigenvalue weighted by atomic mass is 10.1. The summed E-state index contributed by atoms with van der Waals surface area (Å²) >= 11 is 1.51. The van der Waals surface area contributed by atoms with Crippen LogP contribution in [0, 0.1) is 6.92 Å². The van der Waals surface area contributed by atoms with Gasteiger partial charge in [0.2, 0.25) is 0 Å². The highest BCUT2D eigenvalue weighted by atomic mass is 32.1. The number of hydrogen-bond donors (Lipinski definition) is 0. The van der Waals surface area contributed by atoms with E-state index in [0.29, 0.717) is 5.69 Å². The second-order valence-corrected chi connectivity index (χ2v) is 4.31. The summed E-state index contributed by atoms with van der Waals surface area (Å²) in [4.78, 5) is 16.4. The van der Waals surface area contributed by atoms with Gasteiger partial charge in [-0.1, -0.05) is 29.8 Å². The van der Waals surface area contributed by atoms with Gasteiger partial charge in [0.05, 0.1) is 10.4 Å². The molecule has 0 saturated heterocycles. The summed E-state index contributed by atoms with van der Waals surface area (Å²) in [6.07, 6.45) is 0. The van der Waals surface area contributed by atoms with Crippen LogP contribution >= 0.6 is 11.3 Å². The van der Waals surface area contributed by atoms with E-state index >= 15 is 0 Å². The first-order chi connectivity index (χ1) is 7.18. The van der Waals surface area contributed by atoms with Gasteiger partial charge in [-0.2, -0.15) is 0 Å². The molecule has 0 fully saturated rings. The topological polar surface area (TPSA) is 30.0 Å². The molecule has 1 aromatic carbocycles. The SMILES string of the molecule is CC(=O)c1ncsc1-c1cccc(C)c1. The van der Waals surface area contributed by atoms with Gasteiger partial charge >= 0.3 is 0 Å². The number of carbonyl (C=O) groups is 1. The summed E-state index contributed by atoms with van der Waals surface area (Å²) in [5.74, 6) is 0.0211. The lowest BCUT2D eigenvalue weighted by Crippen LogP contribution is -1.94. The van der Waals surface area contributed by atoms with Gasteiger partial charge in [0.1, 0.15) is 5.69 Å². The third-order valence-corrected chi connectivity index (χ3v) is 3.06. The predicted octanol–water partition coefficient (Wildman–Crippen LogP) is 3.32. The van der Waals surface area contributed by atoms with Gasteiger partial charge in [-0.25, -0.2) is 4.98 Å². The van der Waals surface area contributed by atoms with Crippen molar-refractivity contribution in [1.82, 2.24) is 4.98 Å². The van der Waals surface area contributed by atoms with Crippen LogP contribution in [0.15, 0.2) is 29.8 Å². The van der Waals surface area contributed by atoms with Crippen molar-refractivity contribution < 1.29 is 4.79 Å². The molecular formula is C12H11NOS. The van der Waals surface area contributed by atoms with E-state index in [1.807, 2.05) is 25.1 Å². The minimum atomic E-state index is 0.0211. The molecule has 0 unspecified atom stereocenters. The molecule has 2 rings (SSSR count). The van der Waals surface area contributed by atoms with Crippen molar-refractivity contribution in [2.75, 3.05) is 0 Å². The van der Waals surface area contributed by atoms with Gasteiger partial charge in [-0.15, -0.1) is 11.3 Å². The van der Waals surface area contributed by atoms with Gasteiger partial charge in [0.15, 0.2) is 5.78 Å². The third kappa shape index (κ3) is 1.97. The first-order valence-electron chi connectivity index (χ1n) is 4.70. The lowest BCUT2D eigenvalue weighted by molar-refractivity contribution is 0.101. The summed E-state index contributed by atoms with van der Waals surface area (Å²) < 4.78 is 0. The second-order valence-electron chi connectivity index (χ2n) is 3.46. The predicted molar refractivity (Wildman–Crippen MR) is 62.3 cm³/mol. The van der Waals surface area contributed by atoms with Crippen LogP contribution < -0.4 is 0 Å². The molecule has 76 valence electrons. The molecular weight excluding hydrogens is 206 g/mol. The third-order valence-electron chi connectivity index (χ3n) is 2.18. The maximum Gasteiger partial charge on any atom is 0.179 e. The fraction of sp³-hybridized carbons (Fsp3) is 0.167. The molecule has 0 bridgehead atoms. The van der Waals surface area contributed by atoms with Gasteiger partial charge in [0.25, 0.3) is 0 Å². The molecule has 3 heteroatoms. The van der Waals surface area contributed by atoms with Crippen LogP contribution in [-0.4, -0.2) is 10.8 Å². The zero-order valence-electron chi connectivity index (χ0n) is 8.65. The summed E-state index contributed by atoms with van der Waals surface area (Å²) in [7, 11) is 0. The van der Waals surface area contributed by atoms with Gasteiger partial charge in [-0.3, -0.25) is 4.79 Å². The van der Waals surface area contributed by atoms with Gasteiger partial charge in [-0.05, 0) is 12.5 Å². The van der Waals surface area contributed by atoms with E-state index < -0.39 is 0 Å². The molecule has 0 atom stereocenters. The highest BCUT2D eigenvalue weighted by Gasteiger charge is 2.12. The van der Waals surface area contributed by atoms with E-state index in [2.05, 4.69) is 11.1 Å². The standard InChI is InChI=1S/C12H11NOS/c1-8-4-3-5-10(6-8)12-11(9(2)14)13-7-15-12/h3-7H,1-2H3. The van der Waals surface area contributed by atoms with Crippen molar-refractivity contribution in [3.8, 4) is 10.4 Å². The molecule has 0 N–H and O–H groups in total. The van der Waals surface area contributed by atoms with Crippen molar-refractivity contribution in [3.63, 3.8) is 0 Å². The Kier molecular flexibility index (Phi) is 2.64. The number of nitrogens with zero attached hydrogens (tertiary/aromatic N) is 1. The fourth-order valence-corrected chi connectivity index (χ4v) is 2.32. The maximum absolute atomic E-state index is 11.3. The summed E-state index contributed by atoms with van der Waals surface area (Å²) in [6, 6.07) is 8.11. The molecule has 0 aliphatic rings. The van der Waals surface area contributed by atoms with Crippen molar-refractivity contribution >= 4 is 17.1 Å². The number of Topliss-reactive ketones (excluding diaryl/α,β-unsaturated/α-hetero) is 1. The number of rotatable bonds is 2. The number of hydrogen-bond acceptors (Lipinski definition) is 3. The van der Waals surface area contributed by atoms with E-state index in [1.54, 1.807) is 12.4 Å². The minimum Gasteiger partial charge on any atom is -0.293 e. The van der Waals surface area contributed by atoms with Crippen LogP contribution in [0.4, 0.5) is 0 Å². The van der Waals surface area contributed by atoms with E-state index in [9.17, 15) is 4.79 Å². The Morgan fingerprint density at radius 1 is 1.40 bits per heavy atom. The quantitative estimate of drug-likeness (QED) is 0.722. The molecule has 2 nitrogen and oxygen atoms in total. The van der Waals surface area contributed by atoms with E-state index in [-0.39, 0.29) is 5.78 Å². The number of benzene rings is 1. The zero-order chi connectivity index (χ0) is 10.8. The van der Waals surface area contributed by atoms with Gasteiger partial charge in [0, 0.05) is 6.92 Å². The Morgan fingerprint density at radius 2 is 2.20 bits per heavy atom. The molecule has 0 aliphatic heterocycles. The Bertz CT molecular complexity index is 502. The van der Waals surface area contributed by atoms with Crippen LogP contribution in [0.2, 0.25) is 0 Å². The monoisotopic (exact) mass is 217 g/mol. The molecule has 2 aromatic rings. The first kappa shape index (κ1) is 10.1. The lowest BCUT2D eigenvalue weighted by Gasteiger charge is -2.00. The van der Waals surface area contributed by atoms with E-state index in [0.717, 1.165) is 10.4 Å². The maximum atomic E-state index is 11.3. The first-order valence-corrected chi connectivity index (χ1v) is 5.58.